The van der Waals surface area contributed by atoms with E-state index in [0.717, 1.165) is 21.9 Å². The van der Waals surface area contributed by atoms with Gasteiger partial charge in [0.25, 0.3) is 0 Å². The molecule has 2 nitrogen and oxygen atoms in total. The van der Waals surface area contributed by atoms with E-state index in [9.17, 15) is 10.2 Å². The van der Waals surface area contributed by atoms with Crippen LogP contribution in [0.15, 0.2) is 109 Å². The molecule has 2 heteroatoms. The number of aromatic hydroxyl groups is 1. The minimum Gasteiger partial charge on any atom is -0.513 e. The molecule has 0 fully saturated rings. The molecular weight excluding hydrogens is 428 g/mol. The fourth-order valence-electron chi connectivity index (χ4n) is 5.79. The molecule has 5 aromatic carbocycles. The molecule has 0 unspecified atom stereocenters. The lowest BCUT2D eigenvalue weighted by molar-refractivity contribution is 0.420. The highest BCUT2D eigenvalue weighted by Crippen LogP contribution is 2.56. The Morgan fingerprint density at radius 1 is 0.686 bits per heavy atom. The predicted octanol–water partition coefficient (Wildman–Crippen LogP) is 8.14. The lowest BCUT2D eigenvalue weighted by Gasteiger charge is -2.34. The first-order valence-corrected chi connectivity index (χ1v) is 11.9. The number of phenolic OH excluding ortho intramolecular Hbond substituents is 1. The highest BCUT2D eigenvalue weighted by Gasteiger charge is 2.46. The average molecular weight is 455 g/mol. The topological polar surface area (TPSA) is 40.5 Å². The van der Waals surface area contributed by atoms with Gasteiger partial charge in [0, 0.05) is 0 Å². The Bertz CT molecular complexity index is 1590. The van der Waals surface area contributed by atoms with Crippen LogP contribution in [0.4, 0.5) is 0 Å². The molecule has 0 aromatic heterocycles. The van der Waals surface area contributed by atoms with Gasteiger partial charge in [-0.05, 0) is 93.4 Å². The second kappa shape index (κ2) is 7.89. The molecule has 0 aliphatic heterocycles. The minimum absolute atomic E-state index is 0.273. The van der Waals surface area contributed by atoms with Crippen LogP contribution in [-0.2, 0) is 5.41 Å². The smallest absolute Gasteiger partial charge is 0.116 e. The van der Waals surface area contributed by atoms with Gasteiger partial charge in [-0.2, -0.15) is 0 Å². The van der Waals surface area contributed by atoms with Gasteiger partial charge in [0.2, 0.25) is 0 Å². The van der Waals surface area contributed by atoms with Gasteiger partial charge in [0.15, 0.2) is 0 Å². The van der Waals surface area contributed by atoms with Crippen LogP contribution < -0.4 is 0 Å². The van der Waals surface area contributed by atoms with Gasteiger partial charge in [0.05, 0.1) is 11.2 Å². The van der Waals surface area contributed by atoms with E-state index in [1.807, 2.05) is 18.2 Å². The normalized spacial score (nSPS) is 14.1. The van der Waals surface area contributed by atoms with Gasteiger partial charge >= 0.3 is 0 Å². The number of aliphatic hydroxyl groups excluding tert-OH is 1. The van der Waals surface area contributed by atoms with Crippen LogP contribution in [0.3, 0.4) is 0 Å². The molecule has 0 saturated carbocycles. The molecule has 0 heterocycles. The monoisotopic (exact) mass is 454 g/mol. The third kappa shape index (κ3) is 3.18. The van der Waals surface area contributed by atoms with Crippen LogP contribution in [0, 0.1) is 6.92 Å². The summed E-state index contributed by atoms with van der Waals surface area (Å²) in [7, 11) is 0. The Morgan fingerprint density at radius 2 is 1.26 bits per heavy atom. The van der Waals surface area contributed by atoms with Gasteiger partial charge in [-0.25, -0.2) is 0 Å². The summed E-state index contributed by atoms with van der Waals surface area (Å²) in [6.45, 7) is 3.80. The Hall–Kier alpha value is -4.30. The zero-order chi connectivity index (χ0) is 24.2. The van der Waals surface area contributed by atoms with E-state index >= 15 is 0 Å². The summed E-state index contributed by atoms with van der Waals surface area (Å²) in [6, 6.07) is 36.1. The summed E-state index contributed by atoms with van der Waals surface area (Å²) in [5.41, 5.74) is 9.05. The second-order valence-corrected chi connectivity index (χ2v) is 9.44. The van der Waals surface area contributed by atoms with Crippen molar-refractivity contribution < 1.29 is 10.2 Å². The lowest BCUT2D eigenvalue weighted by Crippen LogP contribution is -2.28. The molecule has 0 bridgehead atoms. The van der Waals surface area contributed by atoms with Crippen LogP contribution >= 0.6 is 0 Å². The SMILES string of the molecule is C/C(O)=C\c1ccc(C2(c3ccc4cc(O)ccc4c3)c3ccccc3-c3ccccc32)cc1C. The van der Waals surface area contributed by atoms with Gasteiger partial charge in [0.1, 0.15) is 5.75 Å². The van der Waals surface area contributed by atoms with Crippen LogP contribution in [0.5, 0.6) is 5.75 Å². The van der Waals surface area contributed by atoms with Crippen LogP contribution in [0.2, 0.25) is 0 Å². The Kier molecular flexibility index (Phi) is 4.79. The van der Waals surface area contributed by atoms with Crippen molar-refractivity contribution in [2.75, 3.05) is 0 Å². The van der Waals surface area contributed by atoms with Crippen LogP contribution in [0.1, 0.15) is 40.3 Å². The van der Waals surface area contributed by atoms with Gasteiger partial charge in [-0.15, -0.1) is 0 Å². The van der Waals surface area contributed by atoms with Gasteiger partial charge < -0.3 is 10.2 Å². The maximum Gasteiger partial charge on any atom is 0.116 e. The van der Waals surface area contributed by atoms with Crippen molar-refractivity contribution in [3.05, 3.63) is 142 Å². The highest BCUT2D eigenvalue weighted by atomic mass is 16.3. The van der Waals surface area contributed by atoms with E-state index in [1.165, 1.54) is 33.4 Å². The number of aliphatic hydroxyl groups is 1. The van der Waals surface area contributed by atoms with Gasteiger partial charge in [-0.3, -0.25) is 0 Å². The number of fused-ring (bicyclic) bond motifs is 4. The standard InChI is InChI=1S/C33H26O2/c1-21-17-26(14-11-23(21)18-22(2)34)33(27-15-12-25-20-28(35)16-13-24(25)19-27)31-9-5-3-7-29(31)30-8-4-6-10-32(30)33/h3-20,34-35H,1-2H3/b22-18+. The number of aryl methyl sites for hydroxylation is 1. The van der Waals surface area contributed by atoms with E-state index in [1.54, 1.807) is 13.0 Å². The molecule has 0 radical (unpaired) electrons. The van der Waals surface area contributed by atoms with Crippen LogP contribution in [0.25, 0.3) is 28.0 Å². The first-order chi connectivity index (χ1) is 17.0. The number of phenols is 1. The molecule has 1 aliphatic rings. The fourth-order valence-corrected chi connectivity index (χ4v) is 5.79. The molecule has 6 rings (SSSR count). The van der Waals surface area contributed by atoms with E-state index in [2.05, 4.69) is 91.9 Å². The molecule has 0 atom stereocenters. The zero-order valence-electron chi connectivity index (χ0n) is 19.8. The van der Waals surface area contributed by atoms with Crippen molar-refractivity contribution in [2.45, 2.75) is 19.3 Å². The first kappa shape index (κ1) is 21.2. The molecular formula is C33H26O2. The Labute approximate surface area is 205 Å². The van der Waals surface area contributed by atoms with E-state index in [4.69, 9.17) is 0 Å². The maximum absolute atomic E-state index is 10.00. The largest absolute Gasteiger partial charge is 0.513 e. The van der Waals surface area contributed by atoms with Crippen molar-refractivity contribution in [3.63, 3.8) is 0 Å². The summed E-state index contributed by atoms with van der Waals surface area (Å²) >= 11 is 0. The minimum atomic E-state index is -0.486. The summed E-state index contributed by atoms with van der Waals surface area (Å²) in [6.07, 6.45) is 1.81. The molecule has 2 N–H and O–H groups in total. The van der Waals surface area contributed by atoms with Crippen LogP contribution in [-0.4, -0.2) is 10.2 Å². The zero-order valence-corrected chi connectivity index (χ0v) is 19.8. The molecule has 1 aliphatic carbocycles. The summed E-state index contributed by atoms with van der Waals surface area (Å²) < 4.78 is 0. The van der Waals surface area contributed by atoms with Crippen molar-refractivity contribution in [1.29, 1.82) is 0 Å². The summed E-state index contributed by atoms with van der Waals surface area (Å²) in [5.74, 6) is 0.569. The van der Waals surface area contributed by atoms with Gasteiger partial charge in [-0.1, -0.05) is 84.9 Å². The number of rotatable bonds is 3. The van der Waals surface area contributed by atoms with Crippen molar-refractivity contribution in [2.24, 2.45) is 0 Å². The van der Waals surface area contributed by atoms with Crippen molar-refractivity contribution in [1.82, 2.24) is 0 Å². The van der Waals surface area contributed by atoms with E-state index in [-0.39, 0.29) is 5.75 Å². The third-order valence-electron chi connectivity index (χ3n) is 7.28. The lowest BCUT2D eigenvalue weighted by atomic mass is 9.67. The molecule has 0 spiro atoms. The van der Waals surface area contributed by atoms with Crippen molar-refractivity contribution >= 4 is 16.8 Å². The second-order valence-electron chi connectivity index (χ2n) is 9.44. The number of benzene rings is 5. The van der Waals surface area contributed by atoms with E-state index in [0.29, 0.717) is 5.76 Å². The first-order valence-electron chi connectivity index (χ1n) is 11.9. The molecule has 0 saturated heterocycles. The Morgan fingerprint density at radius 3 is 1.91 bits per heavy atom. The summed E-state index contributed by atoms with van der Waals surface area (Å²) in [4.78, 5) is 0. The number of allylic oxidation sites excluding steroid dienone is 1. The molecule has 35 heavy (non-hydrogen) atoms. The molecule has 0 amide bonds. The fraction of sp³-hybridized carbons (Fsp3) is 0.0909. The number of hydrogen-bond donors (Lipinski definition) is 2. The third-order valence-corrected chi connectivity index (χ3v) is 7.28. The molecule has 5 aromatic rings. The summed E-state index contributed by atoms with van der Waals surface area (Å²) in [5, 5.41) is 22.0. The number of hydrogen-bond acceptors (Lipinski definition) is 2. The maximum atomic E-state index is 10.00. The quantitative estimate of drug-likeness (QED) is 0.265. The average Bonchev–Trinajstić information content (AvgIpc) is 3.16. The Balaban J connectivity index is 1.72. The highest BCUT2D eigenvalue weighted by molar-refractivity contribution is 5.90. The molecule has 170 valence electrons. The predicted molar refractivity (Wildman–Crippen MR) is 144 cm³/mol. The van der Waals surface area contributed by atoms with Crippen molar-refractivity contribution in [3.8, 4) is 16.9 Å². The van der Waals surface area contributed by atoms with E-state index < -0.39 is 5.41 Å².